The first-order chi connectivity index (χ1) is 7.83. The van der Waals surface area contributed by atoms with Gasteiger partial charge in [0.25, 0.3) is 0 Å². The lowest BCUT2D eigenvalue weighted by Crippen LogP contribution is -2.47. The van der Waals surface area contributed by atoms with Crippen molar-refractivity contribution < 1.29 is 0 Å². The van der Waals surface area contributed by atoms with Crippen LogP contribution in [0.4, 0.5) is 0 Å². The van der Waals surface area contributed by atoms with E-state index in [1.807, 2.05) is 0 Å². The Balaban J connectivity index is 1.74. The first kappa shape index (κ1) is 10.3. The number of nitrogens with zero attached hydrogens (tertiary/aromatic N) is 1. The molecule has 2 nitrogen and oxygen atoms in total. The minimum atomic E-state index is 0.361. The number of rotatable bonds is 2. The molecule has 86 valence electrons. The molecular formula is C14H20N2. The third kappa shape index (κ3) is 2.13. The smallest absolute Gasteiger partial charge is 0.0174 e. The number of piperidine rings is 1. The van der Waals surface area contributed by atoms with Crippen LogP contribution in [-0.2, 0) is 0 Å². The summed E-state index contributed by atoms with van der Waals surface area (Å²) >= 11 is 0. The molecule has 2 N–H and O–H groups in total. The Morgan fingerprint density at radius 3 is 2.50 bits per heavy atom. The van der Waals surface area contributed by atoms with Crippen LogP contribution in [0.25, 0.3) is 0 Å². The van der Waals surface area contributed by atoms with E-state index in [1.165, 1.54) is 24.9 Å². The van der Waals surface area contributed by atoms with E-state index in [9.17, 15) is 0 Å². The zero-order valence-electron chi connectivity index (χ0n) is 9.68. The Kier molecular flexibility index (Phi) is 2.70. The Hall–Kier alpha value is -0.860. The van der Waals surface area contributed by atoms with Gasteiger partial charge in [0.2, 0.25) is 0 Å². The van der Waals surface area contributed by atoms with E-state index in [0.29, 0.717) is 12.0 Å². The predicted octanol–water partition coefficient (Wildman–Crippen LogP) is 1.97. The Morgan fingerprint density at radius 1 is 1.06 bits per heavy atom. The molecule has 16 heavy (non-hydrogen) atoms. The van der Waals surface area contributed by atoms with Crippen LogP contribution in [0.1, 0.15) is 30.7 Å². The van der Waals surface area contributed by atoms with Crippen molar-refractivity contribution in [3.05, 3.63) is 35.9 Å². The fraction of sp³-hybridized carbons (Fsp3) is 0.571. The van der Waals surface area contributed by atoms with Gasteiger partial charge in [-0.05, 0) is 30.7 Å². The molecule has 1 aliphatic heterocycles. The van der Waals surface area contributed by atoms with Gasteiger partial charge in [-0.2, -0.15) is 0 Å². The molecule has 2 heteroatoms. The van der Waals surface area contributed by atoms with E-state index in [0.717, 1.165) is 19.0 Å². The normalized spacial score (nSPS) is 31.6. The zero-order valence-corrected chi connectivity index (χ0v) is 9.68. The molecule has 0 radical (unpaired) electrons. The highest BCUT2D eigenvalue weighted by Gasteiger charge is 2.35. The Morgan fingerprint density at radius 2 is 1.81 bits per heavy atom. The lowest BCUT2D eigenvalue weighted by Gasteiger charge is -2.36. The fourth-order valence-electron chi connectivity index (χ4n) is 2.88. The van der Waals surface area contributed by atoms with Crippen molar-refractivity contribution in [1.29, 1.82) is 0 Å². The Labute approximate surface area is 97.4 Å². The number of nitrogens with two attached hydrogens (primary N) is 1. The average Bonchev–Trinajstić information content (AvgIpc) is 3.13. The summed E-state index contributed by atoms with van der Waals surface area (Å²) in [7, 11) is 0. The minimum absolute atomic E-state index is 0.361. The second kappa shape index (κ2) is 4.19. The third-order valence-electron chi connectivity index (χ3n) is 3.85. The summed E-state index contributed by atoms with van der Waals surface area (Å²) in [5.74, 6) is 0.644. The predicted molar refractivity (Wildman–Crippen MR) is 66.4 cm³/mol. The molecule has 1 aromatic carbocycles. The van der Waals surface area contributed by atoms with Crippen LogP contribution in [-0.4, -0.2) is 30.1 Å². The number of benzene rings is 1. The molecule has 0 amide bonds. The molecule has 0 bridgehead atoms. The first-order valence-corrected chi connectivity index (χ1v) is 6.37. The maximum Gasteiger partial charge on any atom is 0.0174 e. The van der Waals surface area contributed by atoms with Crippen LogP contribution >= 0.6 is 0 Å². The molecule has 0 aromatic heterocycles. The summed E-state index contributed by atoms with van der Waals surface area (Å²) < 4.78 is 0. The largest absolute Gasteiger partial charge is 0.327 e. The van der Waals surface area contributed by atoms with Crippen molar-refractivity contribution in [1.82, 2.24) is 4.90 Å². The van der Waals surface area contributed by atoms with Crippen LogP contribution in [0.2, 0.25) is 0 Å². The molecule has 2 atom stereocenters. The minimum Gasteiger partial charge on any atom is -0.327 e. The Bertz CT molecular complexity index is 345. The van der Waals surface area contributed by atoms with Gasteiger partial charge in [0.1, 0.15) is 0 Å². The van der Waals surface area contributed by atoms with Crippen molar-refractivity contribution in [2.24, 2.45) is 5.73 Å². The van der Waals surface area contributed by atoms with Crippen LogP contribution < -0.4 is 5.73 Å². The van der Waals surface area contributed by atoms with Crippen molar-refractivity contribution in [3.63, 3.8) is 0 Å². The molecular weight excluding hydrogens is 196 g/mol. The van der Waals surface area contributed by atoms with Crippen LogP contribution in [0.5, 0.6) is 0 Å². The van der Waals surface area contributed by atoms with Crippen LogP contribution in [0.3, 0.4) is 0 Å². The van der Waals surface area contributed by atoms with Gasteiger partial charge in [-0.15, -0.1) is 0 Å². The molecule has 3 rings (SSSR count). The van der Waals surface area contributed by atoms with Crippen molar-refractivity contribution in [2.45, 2.75) is 37.3 Å². The highest BCUT2D eigenvalue weighted by molar-refractivity contribution is 5.21. The summed E-state index contributed by atoms with van der Waals surface area (Å²) in [5, 5.41) is 0. The van der Waals surface area contributed by atoms with E-state index < -0.39 is 0 Å². The molecule has 2 aliphatic rings. The fourth-order valence-corrected chi connectivity index (χ4v) is 2.88. The lowest BCUT2D eigenvalue weighted by atomic mass is 9.88. The first-order valence-electron chi connectivity index (χ1n) is 6.37. The highest BCUT2D eigenvalue weighted by atomic mass is 15.2. The molecule has 1 aliphatic carbocycles. The van der Waals surface area contributed by atoms with Crippen molar-refractivity contribution >= 4 is 0 Å². The van der Waals surface area contributed by atoms with Crippen molar-refractivity contribution in [3.8, 4) is 0 Å². The van der Waals surface area contributed by atoms with E-state index in [1.54, 1.807) is 0 Å². The second-order valence-corrected chi connectivity index (χ2v) is 5.29. The summed E-state index contributed by atoms with van der Waals surface area (Å²) in [6, 6.07) is 12.1. The number of likely N-dealkylation sites (tertiary alicyclic amines) is 1. The van der Waals surface area contributed by atoms with Crippen LogP contribution in [0, 0.1) is 0 Å². The number of hydrogen-bond acceptors (Lipinski definition) is 2. The van der Waals surface area contributed by atoms with E-state index >= 15 is 0 Å². The standard InChI is InChI=1S/C14H20N2/c15-13-8-12(11-4-2-1-3-5-11)9-16(10-13)14-6-7-14/h1-5,12-14H,6-10,15H2. The average molecular weight is 216 g/mol. The molecule has 2 unspecified atom stereocenters. The summed E-state index contributed by atoms with van der Waals surface area (Å²) in [6.07, 6.45) is 3.91. The van der Waals surface area contributed by atoms with Gasteiger partial charge in [0.15, 0.2) is 0 Å². The zero-order chi connectivity index (χ0) is 11.0. The quantitative estimate of drug-likeness (QED) is 0.819. The maximum atomic E-state index is 6.18. The van der Waals surface area contributed by atoms with E-state index in [-0.39, 0.29) is 0 Å². The molecule has 1 aromatic rings. The van der Waals surface area contributed by atoms with Crippen molar-refractivity contribution in [2.75, 3.05) is 13.1 Å². The van der Waals surface area contributed by atoms with Crippen LogP contribution in [0.15, 0.2) is 30.3 Å². The highest BCUT2D eigenvalue weighted by Crippen LogP contribution is 2.34. The van der Waals surface area contributed by atoms with Gasteiger partial charge < -0.3 is 5.73 Å². The summed E-state index contributed by atoms with van der Waals surface area (Å²) in [4.78, 5) is 2.60. The lowest BCUT2D eigenvalue weighted by molar-refractivity contribution is 0.180. The van der Waals surface area contributed by atoms with Gasteiger partial charge >= 0.3 is 0 Å². The number of hydrogen-bond donors (Lipinski definition) is 1. The summed E-state index contributed by atoms with van der Waals surface area (Å²) in [5.41, 5.74) is 7.64. The molecule has 0 spiro atoms. The third-order valence-corrected chi connectivity index (χ3v) is 3.85. The van der Waals surface area contributed by atoms with Gasteiger partial charge in [0.05, 0.1) is 0 Å². The monoisotopic (exact) mass is 216 g/mol. The summed E-state index contributed by atoms with van der Waals surface area (Å²) in [6.45, 7) is 2.32. The molecule has 1 saturated heterocycles. The van der Waals surface area contributed by atoms with Gasteiger partial charge in [-0.3, -0.25) is 4.90 Å². The van der Waals surface area contributed by atoms with E-state index in [2.05, 4.69) is 35.2 Å². The maximum absolute atomic E-state index is 6.18. The second-order valence-electron chi connectivity index (χ2n) is 5.29. The van der Waals surface area contributed by atoms with Gasteiger partial charge in [-0.1, -0.05) is 30.3 Å². The molecule has 1 heterocycles. The van der Waals surface area contributed by atoms with Gasteiger partial charge in [0, 0.05) is 25.2 Å². The molecule has 1 saturated carbocycles. The molecule has 2 fully saturated rings. The van der Waals surface area contributed by atoms with Gasteiger partial charge in [-0.25, -0.2) is 0 Å². The van der Waals surface area contributed by atoms with E-state index in [4.69, 9.17) is 5.73 Å². The topological polar surface area (TPSA) is 29.3 Å². The SMILES string of the molecule is NC1CC(c2ccccc2)CN(C2CC2)C1.